The highest BCUT2D eigenvalue weighted by molar-refractivity contribution is 8.35. The topological polar surface area (TPSA) is 46.5 Å². The average Bonchev–Trinajstić information content (AvgIpc) is 2.24. The fourth-order valence-corrected chi connectivity index (χ4v) is 1.53. The quantitative estimate of drug-likeness (QED) is 0.615. The van der Waals surface area contributed by atoms with Crippen LogP contribution in [0, 0.1) is 11.2 Å². The number of phenolic OH excluding ortho intramolecular Hbond substituents is 1. The first-order valence-corrected chi connectivity index (χ1v) is 7.81. The zero-order chi connectivity index (χ0) is 13.1. The predicted molar refractivity (Wildman–Crippen MR) is 71.7 cm³/mol. The molecular weight excluding hydrogens is 236 g/mol. The predicted octanol–water partition coefficient (Wildman–Crippen LogP) is 2.18. The third-order valence-electron chi connectivity index (χ3n) is 1.90. The molecule has 1 aromatic rings. The molecule has 0 saturated carbocycles. The Kier molecular flexibility index (Phi) is 4.08. The minimum Gasteiger partial charge on any atom is -0.507 e. The van der Waals surface area contributed by atoms with Crippen LogP contribution in [-0.2, 0) is 4.74 Å². The lowest BCUT2D eigenvalue weighted by atomic mass is 10.1. The van der Waals surface area contributed by atoms with E-state index in [1.165, 1.54) is 19.2 Å². The number of rotatable bonds is 1. The van der Waals surface area contributed by atoms with Crippen LogP contribution in [0.25, 0.3) is 0 Å². The Labute approximate surface area is 103 Å². The minimum absolute atomic E-state index is 0.104. The van der Waals surface area contributed by atoms with Gasteiger partial charge in [-0.05, 0) is 42.2 Å². The molecule has 1 rings (SSSR count). The molecule has 0 aromatic heterocycles. The minimum atomic E-state index is -0.901. The largest absolute Gasteiger partial charge is 0.507 e. The van der Waals surface area contributed by atoms with Gasteiger partial charge in [-0.25, -0.2) is 4.79 Å². The van der Waals surface area contributed by atoms with Gasteiger partial charge in [-0.15, -0.1) is 0 Å². The summed E-state index contributed by atoms with van der Waals surface area (Å²) < 4.78 is 4.54. The summed E-state index contributed by atoms with van der Waals surface area (Å²) in [6.07, 6.45) is 6.26. The second kappa shape index (κ2) is 5.15. The highest BCUT2D eigenvalue weighted by Gasteiger charge is 2.10. The van der Waals surface area contributed by atoms with Gasteiger partial charge in [0, 0.05) is 5.56 Å². The molecule has 0 atom stereocenters. The SMILES string of the molecule is COC(=O)c1ccc(C#CS(C)(C)C)cc1O. The van der Waals surface area contributed by atoms with Gasteiger partial charge in [0.05, 0.1) is 7.11 Å². The molecule has 1 aromatic carbocycles. The fourth-order valence-electron chi connectivity index (χ4n) is 1.10. The highest BCUT2D eigenvalue weighted by atomic mass is 32.3. The number of hydrogen-bond donors (Lipinski definition) is 1. The van der Waals surface area contributed by atoms with E-state index < -0.39 is 16.0 Å². The Morgan fingerprint density at radius 1 is 1.35 bits per heavy atom. The number of phenols is 1. The normalized spacial score (nSPS) is 11.3. The summed E-state index contributed by atoms with van der Waals surface area (Å²) in [5, 5.41) is 12.8. The summed E-state index contributed by atoms with van der Waals surface area (Å²) in [6, 6.07) is 4.69. The molecule has 0 radical (unpaired) electrons. The maximum absolute atomic E-state index is 11.2. The molecule has 0 bridgehead atoms. The molecule has 0 unspecified atom stereocenters. The van der Waals surface area contributed by atoms with Crippen LogP contribution in [0.1, 0.15) is 15.9 Å². The molecule has 0 amide bonds. The van der Waals surface area contributed by atoms with E-state index in [0.29, 0.717) is 5.56 Å². The standard InChI is InChI=1S/C13H16O3S/c1-16-13(15)11-6-5-10(9-12(11)14)7-8-17(2,3)4/h5-6,9,14H,1-4H3. The molecule has 3 nitrogen and oxygen atoms in total. The summed E-state index contributed by atoms with van der Waals surface area (Å²) in [5.41, 5.74) is 0.846. The van der Waals surface area contributed by atoms with E-state index in [-0.39, 0.29) is 11.3 Å². The van der Waals surface area contributed by atoms with E-state index in [1.54, 1.807) is 6.07 Å². The number of carbonyl (C=O) groups excluding carboxylic acids is 1. The Morgan fingerprint density at radius 2 is 2.00 bits per heavy atom. The first-order chi connectivity index (χ1) is 7.83. The molecular formula is C13H16O3S. The summed E-state index contributed by atoms with van der Waals surface area (Å²) in [7, 11) is 0.376. The lowest BCUT2D eigenvalue weighted by molar-refractivity contribution is 0.0597. The molecule has 17 heavy (non-hydrogen) atoms. The Hall–Kier alpha value is -1.60. The molecule has 0 spiro atoms. The maximum Gasteiger partial charge on any atom is 0.341 e. The summed E-state index contributed by atoms with van der Waals surface area (Å²) in [6.45, 7) is 0. The summed E-state index contributed by atoms with van der Waals surface area (Å²) >= 11 is 0. The van der Waals surface area contributed by atoms with Crippen LogP contribution >= 0.6 is 10.0 Å². The van der Waals surface area contributed by atoms with Crippen molar-refractivity contribution in [3.8, 4) is 16.9 Å². The molecule has 0 aliphatic rings. The fraction of sp³-hybridized carbons (Fsp3) is 0.308. The first-order valence-electron chi connectivity index (χ1n) is 4.96. The van der Waals surface area contributed by atoms with Crippen molar-refractivity contribution in [2.75, 3.05) is 25.9 Å². The number of hydrogen-bond acceptors (Lipinski definition) is 3. The Balaban J connectivity index is 3.04. The number of carbonyl (C=O) groups is 1. The zero-order valence-corrected chi connectivity index (χ0v) is 11.2. The van der Waals surface area contributed by atoms with Crippen molar-refractivity contribution in [3.63, 3.8) is 0 Å². The van der Waals surface area contributed by atoms with Crippen LogP contribution in [-0.4, -0.2) is 37.0 Å². The van der Waals surface area contributed by atoms with Crippen LogP contribution in [0.3, 0.4) is 0 Å². The molecule has 0 saturated heterocycles. The Bertz CT molecular complexity index is 490. The third-order valence-corrected chi connectivity index (χ3v) is 2.62. The zero-order valence-electron chi connectivity index (χ0n) is 10.4. The van der Waals surface area contributed by atoms with Crippen molar-refractivity contribution >= 4 is 16.0 Å². The van der Waals surface area contributed by atoms with E-state index in [4.69, 9.17) is 0 Å². The second-order valence-electron chi connectivity index (χ2n) is 4.29. The van der Waals surface area contributed by atoms with Crippen molar-refractivity contribution in [2.45, 2.75) is 0 Å². The van der Waals surface area contributed by atoms with E-state index >= 15 is 0 Å². The summed E-state index contributed by atoms with van der Waals surface area (Å²) in [5.74, 6) is 2.33. The van der Waals surface area contributed by atoms with Crippen LogP contribution in [0.15, 0.2) is 18.2 Å². The van der Waals surface area contributed by atoms with E-state index in [9.17, 15) is 9.90 Å². The van der Waals surface area contributed by atoms with Crippen molar-refractivity contribution in [1.29, 1.82) is 0 Å². The van der Waals surface area contributed by atoms with Crippen LogP contribution in [0.2, 0.25) is 0 Å². The van der Waals surface area contributed by atoms with Crippen LogP contribution in [0.5, 0.6) is 5.75 Å². The van der Waals surface area contributed by atoms with Gasteiger partial charge in [0.25, 0.3) is 0 Å². The average molecular weight is 252 g/mol. The van der Waals surface area contributed by atoms with Gasteiger partial charge in [-0.2, -0.15) is 10.0 Å². The lowest BCUT2D eigenvalue weighted by Gasteiger charge is -2.14. The van der Waals surface area contributed by atoms with Crippen molar-refractivity contribution < 1.29 is 14.6 Å². The van der Waals surface area contributed by atoms with Crippen molar-refractivity contribution in [3.05, 3.63) is 29.3 Å². The smallest absolute Gasteiger partial charge is 0.341 e. The number of esters is 1. The first kappa shape index (κ1) is 13.5. The molecule has 4 heteroatoms. The third kappa shape index (κ3) is 4.04. The van der Waals surface area contributed by atoms with Gasteiger partial charge < -0.3 is 9.84 Å². The van der Waals surface area contributed by atoms with Gasteiger partial charge in [0.1, 0.15) is 11.3 Å². The van der Waals surface area contributed by atoms with Gasteiger partial charge in [-0.1, -0.05) is 5.92 Å². The molecule has 0 aliphatic carbocycles. The number of ether oxygens (including phenoxy) is 1. The van der Waals surface area contributed by atoms with Gasteiger partial charge in [0.2, 0.25) is 0 Å². The maximum atomic E-state index is 11.2. The molecule has 0 aliphatic heterocycles. The number of aromatic hydroxyl groups is 1. The summed E-state index contributed by atoms with van der Waals surface area (Å²) in [4.78, 5) is 11.2. The van der Waals surface area contributed by atoms with Gasteiger partial charge >= 0.3 is 5.97 Å². The van der Waals surface area contributed by atoms with E-state index in [2.05, 4.69) is 34.7 Å². The molecule has 0 fully saturated rings. The van der Waals surface area contributed by atoms with Crippen LogP contribution < -0.4 is 0 Å². The van der Waals surface area contributed by atoms with E-state index in [1.807, 2.05) is 0 Å². The molecule has 1 N–H and O–H groups in total. The van der Waals surface area contributed by atoms with E-state index in [0.717, 1.165) is 0 Å². The lowest BCUT2D eigenvalue weighted by Crippen LogP contribution is -2.01. The monoisotopic (exact) mass is 252 g/mol. The van der Waals surface area contributed by atoms with Gasteiger partial charge in [-0.3, -0.25) is 0 Å². The van der Waals surface area contributed by atoms with Crippen LogP contribution in [0.4, 0.5) is 0 Å². The highest BCUT2D eigenvalue weighted by Crippen LogP contribution is 2.32. The number of methoxy groups -OCH3 is 1. The second-order valence-corrected chi connectivity index (χ2v) is 8.17. The van der Waals surface area contributed by atoms with Crippen molar-refractivity contribution in [2.24, 2.45) is 0 Å². The number of benzene rings is 1. The molecule has 92 valence electrons. The molecule has 0 heterocycles. The Morgan fingerprint density at radius 3 is 2.47 bits per heavy atom. The van der Waals surface area contributed by atoms with Gasteiger partial charge in [0.15, 0.2) is 0 Å². The van der Waals surface area contributed by atoms with Crippen molar-refractivity contribution in [1.82, 2.24) is 0 Å².